The number of nitrogen functional groups attached to an aromatic ring is 1. The van der Waals surface area contributed by atoms with Crippen LogP contribution in [0, 0.1) is 0 Å². The summed E-state index contributed by atoms with van der Waals surface area (Å²) in [5.74, 6) is -0.138. The summed E-state index contributed by atoms with van der Waals surface area (Å²) in [6.07, 6.45) is 5.25. The summed E-state index contributed by atoms with van der Waals surface area (Å²) in [7, 11) is 1.36. The molecule has 26 heavy (non-hydrogen) atoms. The van der Waals surface area contributed by atoms with Crippen molar-refractivity contribution in [2.24, 2.45) is 0 Å². The van der Waals surface area contributed by atoms with Crippen molar-refractivity contribution in [3.63, 3.8) is 0 Å². The number of ether oxygens (including phenoxy) is 1. The van der Waals surface area contributed by atoms with Crippen molar-refractivity contribution in [2.45, 2.75) is 13.0 Å². The zero-order valence-electron chi connectivity index (χ0n) is 14.3. The highest BCUT2D eigenvalue weighted by Crippen LogP contribution is 2.25. The highest BCUT2D eigenvalue weighted by Gasteiger charge is 2.26. The molecule has 0 bridgehead atoms. The molecule has 0 aliphatic carbocycles. The fourth-order valence-corrected chi connectivity index (χ4v) is 3.43. The Hall–Kier alpha value is -3.35. The quantitative estimate of drug-likeness (QED) is 0.681. The number of fused-ring (bicyclic) bond motifs is 2. The maximum atomic E-state index is 13.1. The van der Waals surface area contributed by atoms with Crippen LogP contribution < -0.4 is 5.73 Å². The first-order chi connectivity index (χ1) is 12.6. The lowest BCUT2D eigenvalue weighted by Crippen LogP contribution is -2.36. The molecule has 0 unspecified atom stereocenters. The first-order valence-corrected chi connectivity index (χ1v) is 8.28. The standard InChI is InChI=1S/C19H18N4O3/c1-26-19(25)22-6-5-15-13(11-22)9-21-10-16(15)18(24)23-7-4-12-8-14(20)2-3-17(12)23/h2-4,7-10H,5-6,11,20H2,1H3. The summed E-state index contributed by atoms with van der Waals surface area (Å²) in [6, 6.07) is 7.32. The van der Waals surface area contributed by atoms with Crippen molar-refractivity contribution < 1.29 is 14.3 Å². The lowest BCUT2D eigenvalue weighted by atomic mass is 9.97. The fourth-order valence-electron chi connectivity index (χ4n) is 3.43. The van der Waals surface area contributed by atoms with E-state index in [1.165, 1.54) is 7.11 Å². The Bertz CT molecular complexity index is 1020. The Morgan fingerprint density at radius 3 is 2.88 bits per heavy atom. The van der Waals surface area contributed by atoms with Gasteiger partial charge < -0.3 is 15.4 Å². The Kier molecular flexibility index (Phi) is 3.84. The van der Waals surface area contributed by atoms with E-state index in [1.807, 2.05) is 18.2 Å². The predicted octanol–water partition coefficient (Wildman–Crippen LogP) is 2.43. The molecule has 2 N–H and O–H groups in total. The third kappa shape index (κ3) is 2.57. The van der Waals surface area contributed by atoms with Gasteiger partial charge in [0.15, 0.2) is 0 Å². The summed E-state index contributed by atoms with van der Waals surface area (Å²) in [6.45, 7) is 0.895. The fraction of sp³-hybridized carbons (Fsp3) is 0.211. The molecule has 1 aliphatic rings. The van der Waals surface area contributed by atoms with Crippen molar-refractivity contribution in [1.82, 2.24) is 14.5 Å². The Labute approximate surface area is 150 Å². The average Bonchev–Trinajstić information content (AvgIpc) is 3.08. The number of methoxy groups -OCH3 is 1. The number of carbonyl (C=O) groups excluding carboxylic acids is 2. The van der Waals surface area contributed by atoms with Gasteiger partial charge in [-0.3, -0.25) is 14.3 Å². The van der Waals surface area contributed by atoms with E-state index in [2.05, 4.69) is 4.98 Å². The van der Waals surface area contributed by atoms with Crippen LogP contribution in [0.5, 0.6) is 0 Å². The Morgan fingerprint density at radius 1 is 1.23 bits per heavy atom. The van der Waals surface area contributed by atoms with Crippen LogP contribution in [0.25, 0.3) is 10.9 Å². The second kappa shape index (κ2) is 6.18. The molecule has 0 atom stereocenters. The van der Waals surface area contributed by atoms with Crippen LogP contribution in [-0.2, 0) is 17.7 Å². The molecule has 132 valence electrons. The second-order valence-corrected chi connectivity index (χ2v) is 6.28. The van der Waals surface area contributed by atoms with Crippen LogP contribution in [0.15, 0.2) is 42.9 Å². The van der Waals surface area contributed by atoms with Crippen molar-refractivity contribution in [3.05, 3.63) is 59.5 Å². The predicted molar refractivity (Wildman–Crippen MR) is 96.8 cm³/mol. The summed E-state index contributed by atoms with van der Waals surface area (Å²) < 4.78 is 6.39. The number of anilines is 1. The number of hydrogen-bond acceptors (Lipinski definition) is 5. The SMILES string of the molecule is COC(=O)N1CCc2c(cncc2C(=O)n2ccc3cc(N)ccc32)C1. The number of hydrogen-bond donors (Lipinski definition) is 1. The van der Waals surface area contributed by atoms with Crippen LogP contribution in [0.4, 0.5) is 10.5 Å². The summed E-state index contributed by atoms with van der Waals surface area (Å²) in [4.78, 5) is 30.7. The van der Waals surface area contributed by atoms with Crippen LogP contribution in [-0.4, -0.2) is 40.1 Å². The first-order valence-electron chi connectivity index (χ1n) is 8.28. The van der Waals surface area contributed by atoms with Crippen LogP contribution in [0.2, 0.25) is 0 Å². The second-order valence-electron chi connectivity index (χ2n) is 6.28. The monoisotopic (exact) mass is 350 g/mol. The Balaban J connectivity index is 1.72. The van der Waals surface area contributed by atoms with Crippen molar-refractivity contribution >= 4 is 28.6 Å². The van der Waals surface area contributed by atoms with Gasteiger partial charge in [-0.05, 0) is 41.8 Å². The number of rotatable bonds is 1. The highest BCUT2D eigenvalue weighted by atomic mass is 16.5. The van der Waals surface area contributed by atoms with Gasteiger partial charge in [0.25, 0.3) is 5.91 Å². The molecule has 3 heterocycles. The summed E-state index contributed by atoms with van der Waals surface area (Å²) in [5.41, 5.74) is 9.63. The summed E-state index contributed by atoms with van der Waals surface area (Å²) in [5, 5.41) is 0.910. The minimum absolute atomic E-state index is 0.138. The topological polar surface area (TPSA) is 90.5 Å². The molecule has 0 radical (unpaired) electrons. The van der Waals surface area contributed by atoms with Crippen molar-refractivity contribution in [3.8, 4) is 0 Å². The highest BCUT2D eigenvalue weighted by molar-refractivity contribution is 6.03. The molecule has 7 heteroatoms. The maximum absolute atomic E-state index is 13.1. The molecule has 0 fully saturated rings. The average molecular weight is 350 g/mol. The smallest absolute Gasteiger partial charge is 0.409 e. The number of carbonyl (C=O) groups is 2. The molecule has 1 aliphatic heterocycles. The van der Waals surface area contributed by atoms with E-state index < -0.39 is 0 Å². The molecule has 0 spiro atoms. The third-order valence-corrected chi connectivity index (χ3v) is 4.74. The van der Waals surface area contributed by atoms with Crippen LogP contribution >= 0.6 is 0 Å². The van der Waals surface area contributed by atoms with Gasteiger partial charge in [0.05, 0.1) is 24.7 Å². The van der Waals surface area contributed by atoms with Crippen molar-refractivity contribution in [2.75, 3.05) is 19.4 Å². The minimum Gasteiger partial charge on any atom is -0.453 e. The van der Waals surface area contributed by atoms with E-state index in [0.29, 0.717) is 30.8 Å². The van der Waals surface area contributed by atoms with Crippen LogP contribution in [0.1, 0.15) is 21.5 Å². The number of nitrogens with zero attached hydrogens (tertiary/aromatic N) is 3. The zero-order chi connectivity index (χ0) is 18.3. The Morgan fingerprint density at radius 2 is 2.08 bits per heavy atom. The van der Waals surface area contributed by atoms with Gasteiger partial charge in [-0.25, -0.2) is 4.79 Å². The van der Waals surface area contributed by atoms with Gasteiger partial charge in [0.2, 0.25) is 0 Å². The number of pyridine rings is 1. The largest absolute Gasteiger partial charge is 0.453 e. The number of amides is 1. The number of benzene rings is 1. The molecule has 1 amide bonds. The van der Waals surface area contributed by atoms with E-state index in [4.69, 9.17) is 10.5 Å². The molecule has 3 aromatic rings. The first kappa shape index (κ1) is 16.1. The lowest BCUT2D eigenvalue weighted by molar-refractivity contribution is 0.0962. The van der Waals surface area contributed by atoms with Gasteiger partial charge >= 0.3 is 6.09 Å². The maximum Gasteiger partial charge on any atom is 0.409 e. The molecule has 2 aromatic heterocycles. The number of nitrogens with two attached hydrogens (primary N) is 1. The van der Waals surface area contributed by atoms with E-state index in [1.54, 1.807) is 34.1 Å². The van der Waals surface area contributed by atoms with Crippen LogP contribution in [0.3, 0.4) is 0 Å². The normalized spacial score (nSPS) is 13.5. The third-order valence-electron chi connectivity index (χ3n) is 4.74. The van der Waals surface area contributed by atoms with E-state index >= 15 is 0 Å². The van der Waals surface area contributed by atoms with Gasteiger partial charge in [-0.1, -0.05) is 0 Å². The molecule has 1 aromatic carbocycles. The van der Waals surface area contributed by atoms with E-state index in [9.17, 15) is 9.59 Å². The molecule has 0 saturated heterocycles. The van der Waals surface area contributed by atoms with Gasteiger partial charge in [0.1, 0.15) is 0 Å². The van der Waals surface area contributed by atoms with E-state index in [0.717, 1.165) is 22.0 Å². The molecular formula is C19H18N4O3. The molecule has 7 nitrogen and oxygen atoms in total. The minimum atomic E-state index is -0.374. The molecule has 4 rings (SSSR count). The molecular weight excluding hydrogens is 332 g/mol. The summed E-state index contributed by atoms with van der Waals surface area (Å²) >= 11 is 0. The number of aromatic nitrogens is 2. The lowest BCUT2D eigenvalue weighted by Gasteiger charge is -2.28. The molecule has 0 saturated carbocycles. The van der Waals surface area contributed by atoms with Crippen molar-refractivity contribution in [1.29, 1.82) is 0 Å². The van der Waals surface area contributed by atoms with Gasteiger partial charge in [-0.15, -0.1) is 0 Å². The van der Waals surface area contributed by atoms with E-state index in [-0.39, 0.29) is 12.0 Å². The van der Waals surface area contributed by atoms with Gasteiger partial charge in [0, 0.05) is 36.2 Å². The zero-order valence-corrected chi connectivity index (χ0v) is 14.3. The van der Waals surface area contributed by atoms with Gasteiger partial charge in [-0.2, -0.15) is 0 Å².